The van der Waals surface area contributed by atoms with Crippen molar-refractivity contribution in [3.63, 3.8) is 0 Å². The van der Waals surface area contributed by atoms with Gasteiger partial charge in [0, 0.05) is 17.6 Å². The van der Waals surface area contributed by atoms with Crippen LogP contribution in [0, 0.1) is 6.92 Å². The monoisotopic (exact) mass is 361 g/mol. The normalized spacial score (nSPS) is 11.3. The Balaban J connectivity index is 1.59. The molecule has 4 aromatic rings. The number of fused-ring (bicyclic) bond motifs is 1. The molecule has 4 aromatic heterocycles. The summed E-state index contributed by atoms with van der Waals surface area (Å²) in [5, 5.41) is 12.4. The van der Waals surface area contributed by atoms with Crippen molar-refractivity contribution in [1.29, 1.82) is 0 Å². The number of anilines is 1. The first kappa shape index (κ1) is 16.9. The lowest BCUT2D eigenvalue weighted by Crippen LogP contribution is -2.13. The second-order valence-electron chi connectivity index (χ2n) is 6.52. The first-order valence-corrected chi connectivity index (χ1v) is 8.65. The molecule has 0 saturated heterocycles. The Morgan fingerprint density at radius 3 is 2.70 bits per heavy atom. The lowest BCUT2D eigenvalue weighted by Gasteiger charge is -2.08. The topological polar surface area (TPSA) is 90.5 Å². The molecule has 4 rings (SSSR count). The van der Waals surface area contributed by atoms with Crippen molar-refractivity contribution in [2.75, 3.05) is 5.32 Å². The molecule has 136 valence electrons. The molecule has 0 aliphatic carbocycles. The number of pyridine rings is 2. The number of hydrogen-bond donors (Lipinski definition) is 1. The Hall–Kier alpha value is -3.55. The minimum absolute atomic E-state index is 0.218. The molecular formula is C19H19N7O. The smallest absolute Gasteiger partial charge is 0.259 e. The predicted octanol–water partition coefficient (Wildman–Crippen LogP) is 3.15. The number of rotatable bonds is 4. The van der Waals surface area contributed by atoms with E-state index < -0.39 is 0 Å². The zero-order chi connectivity index (χ0) is 19.0. The van der Waals surface area contributed by atoms with Gasteiger partial charge in [0.1, 0.15) is 0 Å². The molecule has 0 bridgehead atoms. The number of amides is 1. The molecule has 1 N–H and O–H groups in total. The highest BCUT2D eigenvalue weighted by atomic mass is 16.1. The van der Waals surface area contributed by atoms with Crippen LogP contribution < -0.4 is 5.32 Å². The van der Waals surface area contributed by atoms with Crippen LogP contribution in [0.2, 0.25) is 0 Å². The molecule has 0 radical (unpaired) electrons. The summed E-state index contributed by atoms with van der Waals surface area (Å²) < 4.78 is 3.49. The Bertz CT molecular complexity index is 1110. The molecule has 27 heavy (non-hydrogen) atoms. The highest BCUT2D eigenvalue weighted by Gasteiger charge is 2.16. The van der Waals surface area contributed by atoms with E-state index in [0.717, 1.165) is 11.0 Å². The van der Waals surface area contributed by atoms with Gasteiger partial charge < -0.3 is 5.32 Å². The average molecular weight is 361 g/mol. The Kier molecular flexibility index (Phi) is 4.15. The highest BCUT2D eigenvalue weighted by molar-refractivity contribution is 6.05. The Morgan fingerprint density at radius 2 is 1.96 bits per heavy atom. The van der Waals surface area contributed by atoms with Gasteiger partial charge in [-0.3, -0.25) is 4.79 Å². The fourth-order valence-electron chi connectivity index (χ4n) is 2.93. The third-order valence-corrected chi connectivity index (χ3v) is 4.30. The van der Waals surface area contributed by atoms with Gasteiger partial charge in [0.25, 0.3) is 5.91 Å². The van der Waals surface area contributed by atoms with Crippen molar-refractivity contribution in [2.24, 2.45) is 0 Å². The maximum Gasteiger partial charge on any atom is 0.259 e. The molecule has 1 amide bonds. The highest BCUT2D eigenvalue weighted by Crippen LogP contribution is 2.20. The minimum atomic E-state index is -0.243. The summed E-state index contributed by atoms with van der Waals surface area (Å²) in [6.45, 7) is 5.93. The van der Waals surface area contributed by atoms with Gasteiger partial charge in [-0.2, -0.15) is 10.2 Å². The van der Waals surface area contributed by atoms with E-state index in [4.69, 9.17) is 0 Å². The molecule has 0 unspecified atom stereocenters. The fraction of sp³-hybridized carbons (Fsp3) is 0.211. The van der Waals surface area contributed by atoms with Gasteiger partial charge in [-0.25, -0.2) is 19.3 Å². The molecule has 0 spiro atoms. The first-order valence-electron chi connectivity index (χ1n) is 8.65. The van der Waals surface area contributed by atoms with E-state index >= 15 is 0 Å². The average Bonchev–Trinajstić information content (AvgIpc) is 3.25. The van der Waals surface area contributed by atoms with Crippen LogP contribution in [0.15, 0.2) is 49.1 Å². The quantitative estimate of drug-likeness (QED) is 0.603. The Morgan fingerprint density at radius 1 is 1.11 bits per heavy atom. The number of hydrogen-bond acceptors (Lipinski definition) is 5. The molecule has 0 saturated carbocycles. The van der Waals surface area contributed by atoms with Crippen LogP contribution in [0.5, 0.6) is 0 Å². The van der Waals surface area contributed by atoms with Crippen molar-refractivity contribution in [2.45, 2.75) is 26.8 Å². The van der Waals surface area contributed by atoms with Gasteiger partial charge >= 0.3 is 0 Å². The molecule has 0 aliphatic heterocycles. The predicted molar refractivity (Wildman–Crippen MR) is 102 cm³/mol. The third-order valence-electron chi connectivity index (χ3n) is 4.30. The maximum atomic E-state index is 12.7. The maximum absolute atomic E-state index is 12.7. The lowest BCUT2D eigenvalue weighted by molar-refractivity contribution is 0.102. The van der Waals surface area contributed by atoms with Crippen LogP contribution in [0.25, 0.3) is 16.9 Å². The van der Waals surface area contributed by atoms with Gasteiger partial charge in [0.05, 0.1) is 35.5 Å². The van der Waals surface area contributed by atoms with E-state index in [0.29, 0.717) is 22.8 Å². The zero-order valence-electron chi connectivity index (χ0n) is 15.3. The summed E-state index contributed by atoms with van der Waals surface area (Å²) in [5.74, 6) is 0.422. The minimum Gasteiger partial charge on any atom is -0.320 e. The van der Waals surface area contributed by atoms with Crippen LogP contribution in [0.3, 0.4) is 0 Å². The summed E-state index contributed by atoms with van der Waals surface area (Å²) in [4.78, 5) is 21.4. The summed E-state index contributed by atoms with van der Waals surface area (Å²) in [7, 11) is 0. The van der Waals surface area contributed by atoms with Crippen molar-refractivity contribution in [3.05, 3.63) is 60.3 Å². The van der Waals surface area contributed by atoms with Crippen molar-refractivity contribution in [1.82, 2.24) is 29.5 Å². The second kappa shape index (κ2) is 6.64. The molecule has 0 aliphatic rings. The second-order valence-corrected chi connectivity index (χ2v) is 6.52. The summed E-state index contributed by atoms with van der Waals surface area (Å²) in [6.07, 6.45) is 6.62. The SMILES string of the molecule is Cc1c(C(=O)Nc2cnc3c(cnn3C(C)C)c2)cnn1-c1ccccn1. The first-order chi connectivity index (χ1) is 13.0. The van der Waals surface area contributed by atoms with E-state index in [1.54, 1.807) is 29.5 Å². The van der Waals surface area contributed by atoms with E-state index in [9.17, 15) is 4.79 Å². The Labute approximate surface area is 155 Å². The van der Waals surface area contributed by atoms with Gasteiger partial charge in [-0.1, -0.05) is 6.07 Å². The number of nitrogens with zero attached hydrogens (tertiary/aromatic N) is 6. The van der Waals surface area contributed by atoms with Gasteiger partial charge in [0.15, 0.2) is 11.5 Å². The van der Waals surface area contributed by atoms with E-state index in [2.05, 4.69) is 25.5 Å². The lowest BCUT2D eigenvalue weighted by atomic mass is 10.2. The van der Waals surface area contributed by atoms with Crippen LogP contribution in [0.1, 0.15) is 35.9 Å². The van der Waals surface area contributed by atoms with Crippen LogP contribution in [-0.4, -0.2) is 35.4 Å². The summed E-state index contributed by atoms with van der Waals surface area (Å²) in [6, 6.07) is 7.63. The molecule has 0 atom stereocenters. The zero-order valence-corrected chi connectivity index (χ0v) is 15.3. The van der Waals surface area contributed by atoms with Crippen LogP contribution in [-0.2, 0) is 0 Å². The van der Waals surface area contributed by atoms with E-state index in [-0.39, 0.29) is 11.9 Å². The number of aromatic nitrogens is 6. The number of nitrogens with one attached hydrogen (secondary N) is 1. The molecular weight excluding hydrogens is 342 g/mol. The number of carbonyl (C=O) groups is 1. The van der Waals surface area contributed by atoms with Gasteiger partial charge in [0.2, 0.25) is 0 Å². The van der Waals surface area contributed by atoms with E-state index in [1.807, 2.05) is 49.7 Å². The molecule has 0 fully saturated rings. The third kappa shape index (κ3) is 3.05. The molecule has 8 heteroatoms. The van der Waals surface area contributed by atoms with Crippen molar-refractivity contribution >= 4 is 22.6 Å². The summed E-state index contributed by atoms with van der Waals surface area (Å²) >= 11 is 0. The molecule has 4 heterocycles. The summed E-state index contributed by atoms with van der Waals surface area (Å²) in [5.41, 5.74) is 2.61. The van der Waals surface area contributed by atoms with E-state index in [1.165, 1.54) is 0 Å². The fourth-order valence-corrected chi connectivity index (χ4v) is 2.93. The molecule has 8 nitrogen and oxygen atoms in total. The van der Waals surface area contributed by atoms with Crippen LogP contribution in [0.4, 0.5) is 5.69 Å². The van der Waals surface area contributed by atoms with Crippen LogP contribution >= 0.6 is 0 Å². The standard InChI is InChI=1S/C19H19N7O/c1-12(2)25-18-14(9-22-25)8-15(10-21-18)24-19(27)16-11-23-26(13(16)3)17-6-4-5-7-20-17/h4-12H,1-3H3,(H,24,27). The van der Waals surface area contributed by atoms with Gasteiger partial charge in [-0.15, -0.1) is 0 Å². The molecule has 0 aromatic carbocycles. The van der Waals surface area contributed by atoms with Gasteiger partial charge in [-0.05, 0) is 39.0 Å². The largest absolute Gasteiger partial charge is 0.320 e. The van der Waals surface area contributed by atoms with Crippen molar-refractivity contribution < 1.29 is 4.79 Å². The number of carbonyl (C=O) groups excluding carboxylic acids is 1. The van der Waals surface area contributed by atoms with Crippen molar-refractivity contribution in [3.8, 4) is 5.82 Å².